The first-order chi connectivity index (χ1) is 64.6. The molecule has 4 fully saturated rings. The van der Waals surface area contributed by atoms with E-state index in [1.807, 2.05) is 0 Å². The van der Waals surface area contributed by atoms with E-state index >= 15 is 0 Å². The molecule has 57 heteroatoms. The Labute approximate surface area is 909 Å². The molecule has 4 saturated heterocycles. The van der Waals surface area contributed by atoms with Crippen LogP contribution in [0.25, 0.3) is 0 Å². The molecule has 54 nitrogen and oxygen atoms in total. The summed E-state index contributed by atoms with van der Waals surface area (Å²) in [4.78, 5) is 290. The van der Waals surface area contributed by atoms with Crippen LogP contribution in [0.15, 0.2) is 0 Å². The second-order valence-corrected chi connectivity index (χ2v) is 35.3. The molecule has 0 aromatic heterocycles. The fourth-order valence-corrected chi connectivity index (χ4v) is 15.7. The number of carboxylic acid groups (broad SMARTS) is 11. The Morgan fingerprint density at radius 1 is 0.236 bits per heavy atom. The van der Waals surface area contributed by atoms with E-state index in [-0.39, 0.29) is 342 Å². The minimum absolute atomic E-state index is 0. The summed E-state index contributed by atoms with van der Waals surface area (Å²) in [5.41, 5.74) is -1.75. The summed E-state index contributed by atoms with van der Waals surface area (Å²) in [5, 5.41) is 123. The second-order valence-electron chi connectivity index (χ2n) is 35.3. The van der Waals surface area contributed by atoms with Gasteiger partial charge in [0.25, 0.3) is 0 Å². The molecule has 0 aliphatic carbocycles. The predicted octanol–water partition coefficient (Wildman–Crippen LogP) is -16.1. The fourth-order valence-electron chi connectivity index (χ4n) is 15.7. The smallest absolute Gasteiger partial charge is 0.549 e. The molecule has 3 radical (unpaired) electrons. The maximum Gasteiger partial charge on any atom is 3.00 e. The largest absolute Gasteiger partial charge is 3.00 e. The van der Waals surface area contributed by atoms with Crippen molar-refractivity contribution < 1.29 is 272 Å². The molecule has 7 amide bonds. The van der Waals surface area contributed by atoms with E-state index in [1.165, 1.54) is 59.6 Å². The van der Waals surface area contributed by atoms with Gasteiger partial charge in [0.1, 0.15) is 5.78 Å². The second kappa shape index (κ2) is 70.8. The molecule has 791 valence electrons. The van der Waals surface area contributed by atoms with Crippen LogP contribution in [0.5, 0.6) is 0 Å². The van der Waals surface area contributed by atoms with Gasteiger partial charge in [0.05, 0.1) is 129 Å². The monoisotopic (exact) mass is 2430 g/mol. The van der Waals surface area contributed by atoms with E-state index in [0.717, 1.165) is 19.6 Å². The number of ketones is 2. The standard InChI is InChI=1S/C83H143N23O31.3Gd/c1-63(107)40-91-8-18-96(49-72(116)117)20-12-93(13-21-97(19-9-91)50-73(118)119)46-69(113)88(3)42-65(109)84-60-83(7-6-64(108)41-87(2)68(112)45-92-10-22-98(51-74(120)121)28-34-104(57-80(132)133)35-29-99(23-11-92)52-75(122)123,61-85-66(110)43-89(4)70(114)47-94-14-24-100(53-76(124)125)30-36-105(58-81(134)135)37-31-101(25-15-94)54-77(126)127)62-86-67(111)44-90(5)71(115)48-95-16-26-102(55-78(128)129)32-38-106(59-82(136)137)39-33-103(27-17-95)56-79(130)131;;;/h6-62H2,1-5H3,(H,84,109)(H,85,110)(H,86,111)(H,116,117)(H,118,119)(H,120,121)(H,122,123)(H,124,125)(H,126,127)(H,128,129)(H,130,131)(H,132,133)(H,134,135)(H,136,137);;;/q;3*+3/p-3. The SMILES string of the molecule is CC(=O)CN1CCN(CC(=O)[O-])CCN(CC(=O)N(C)CC(=O)NCC(CCC(=O)CN(C)C(=O)CN2CCN(CC(=O)O)CCN(CC(=O)O)CCN(CC(=O)O)CC2)(CNC(=O)CN(C)C(=O)CN2CCN(CC(=O)[O-])CCN(CC(=O)[O-])CCN(CC(=O)O)CC2)CNC(=O)CN(C)C(=O)CN2CCN(CC(=O)O)CCN(CC(=O)O)CCN(CC(=O)O)CC2)CCN(CC(=O)O)CC1.[Gd+3].[Gd+3].[Gd+3]. The Bertz CT molecular complexity index is 3410. The van der Waals surface area contributed by atoms with Gasteiger partial charge in [-0.2, -0.15) is 0 Å². The summed E-state index contributed by atoms with van der Waals surface area (Å²) in [7, 11) is 5.15. The summed E-state index contributed by atoms with van der Waals surface area (Å²) < 4.78 is 0. The van der Waals surface area contributed by atoms with E-state index in [2.05, 4.69) is 16.0 Å². The molecule has 11 N–H and O–H groups in total. The first-order valence-electron chi connectivity index (χ1n) is 45.3. The Kier molecular flexibility index (Phi) is 66.3. The van der Waals surface area contributed by atoms with Gasteiger partial charge in [-0.15, -0.1) is 0 Å². The zero-order chi connectivity index (χ0) is 102. The summed E-state index contributed by atoms with van der Waals surface area (Å²) in [6, 6.07) is 0. The number of likely N-dealkylation sites (N-methyl/N-ethyl adjacent to an activating group) is 4. The molecule has 4 aliphatic heterocycles. The molecular formula is C83H140Gd3N23O31+6. The molecule has 0 bridgehead atoms. The number of aliphatic carboxylic acids is 11. The van der Waals surface area contributed by atoms with Crippen LogP contribution in [0.4, 0.5) is 0 Å². The Balaban J connectivity index is 0.0000327. The predicted molar refractivity (Wildman–Crippen MR) is 476 cm³/mol. The number of nitrogens with one attached hydrogen (secondary N) is 3. The van der Waals surface area contributed by atoms with Gasteiger partial charge < -0.3 is 106 Å². The molecule has 1 atom stereocenters. The number of hydrogen-bond donors (Lipinski definition) is 11. The molecule has 0 saturated carbocycles. The Morgan fingerprint density at radius 2 is 0.379 bits per heavy atom. The minimum atomic E-state index is -1.75. The number of rotatable bonds is 49. The summed E-state index contributed by atoms with van der Waals surface area (Å²) >= 11 is 0. The third kappa shape index (κ3) is 59.5. The average Bonchev–Trinajstić information content (AvgIpc) is 0.806. The Hall–Kier alpha value is -6.87. The van der Waals surface area contributed by atoms with Crippen LogP contribution in [0.3, 0.4) is 0 Å². The van der Waals surface area contributed by atoms with Crippen molar-refractivity contribution >= 4 is 119 Å². The minimum Gasteiger partial charge on any atom is -0.549 e. The number of carbonyl (C=O) groups is 20. The molecule has 4 heterocycles. The number of carbonyl (C=O) groups excluding carboxylic acids is 12. The van der Waals surface area contributed by atoms with E-state index in [9.17, 15) is 152 Å². The maximum absolute atomic E-state index is 14.7. The van der Waals surface area contributed by atoms with Gasteiger partial charge in [0, 0.05) is 289 Å². The number of Topliss-reactive ketones (excluding diaryl/α,β-unsaturated/α-hetero) is 2. The van der Waals surface area contributed by atoms with Crippen molar-refractivity contribution in [2.24, 2.45) is 5.41 Å². The van der Waals surface area contributed by atoms with Crippen molar-refractivity contribution in [3.63, 3.8) is 0 Å². The van der Waals surface area contributed by atoms with Gasteiger partial charge in [-0.05, 0) is 13.3 Å². The summed E-state index contributed by atoms with van der Waals surface area (Å²) in [5.74, 6) is -20.0. The van der Waals surface area contributed by atoms with Crippen molar-refractivity contribution in [2.75, 3.05) is 388 Å². The third-order valence-electron chi connectivity index (χ3n) is 23.7. The van der Waals surface area contributed by atoms with Crippen LogP contribution in [-0.2, 0) is 95.9 Å². The summed E-state index contributed by atoms with van der Waals surface area (Å²) in [6.45, 7) is -8.49. The van der Waals surface area contributed by atoms with Crippen LogP contribution in [-0.4, -0.2) is 646 Å². The fraction of sp³-hybridized carbons (Fsp3) is 0.759. The molecule has 4 rings (SSSR count). The molecule has 0 aromatic rings. The molecule has 0 spiro atoms. The zero-order valence-electron chi connectivity index (χ0n) is 80.3. The van der Waals surface area contributed by atoms with Crippen molar-refractivity contribution in [2.45, 2.75) is 19.8 Å². The van der Waals surface area contributed by atoms with Gasteiger partial charge in [-0.3, -0.25) is 160 Å². The van der Waals surface area contributed by atoms with Gasteiger partial charge in [0.15, 0.2) is 5.78 Å². The van der Waals surface area contributed by atoms with Gasteiger partial charge in [-0.25, -0.2) is 0 Å². The molecule has 0 aromatic carbocycles. The topological polar surface area (TPSA) is 673 Å². The molecule has 140 heavy (non-hydrogen) atoms. The molecule has 1 unspecified atom stereocenters. The van der Waals surface area contributed by atoms with Gasteiger partial charge in [-0.1, -0.05) is 0 Å². The van der Waals surface area contributed by atoms with Crippen LogP contribution < -0.4 is 31.3 Å². The molecular weight excluding hydrogens is 2290 g/mol. The number of amides is 7. The van der Waals surface area contributed by atoms with Crippen molar-refractivity contribution in [3.05, 3.63) is 0 Å². The number of carboxylic acids is 11. The van der Waals surface area contributed by atoms with Gasteiger partial charge in [0.2, 0.25) is 41.4 Å². The van der Waals surface area contributed by atoms with E-state index in [0.29, 0.717) is 0 Å². The van der Waals surface area contributed by atoms with Crippen molar-refractivity contribution in [1.29, 1.82) is 0 Å². The normalized spacial score (nSPS) is 18.3. The quantitative estimate of drug-likeness (QED) is 0.0269. The maximum atomic E-state index is 14.7. The number of nitrogens with zero attached hydrogens (tertiary/aromatic N) is 20. The van der Waals surface area contributed by atoms with Crippen LogP contribution in [0.1, 0.15) is 19.8 Å². The third-order valence-corrected chi connectivity index (χ3v) is 23.7. The van der Waals surface area contributed by atoms with Gasteiger partial charge >= 0.3 is 168 Å². The van der Waals surface area contributed by atoms with E-state index in [4.69, 9.17) is 0 Å². The zero-order valence-corrected chi connectivity index (χ0v) is 87.1. The Morgan fingerprint density at radius 3 is 0.529 bits per heavy atom. The van der Waals surface area contributed by atoms with Crippen molar-refractivity contribution in [1.82, 2.24) is 114 Å². The average molecular weight is 2430 g/mol. The van der Waals surface area contributed by atoms with E-state index < -0.39 is 275 Å². The van der Waals surface area contributed by atoms with Crippen LogP contribution in [0, 0.1) is 125 Å². The summed E-state index contributed by atoms with van der Waals surface area (Å²) in [6.07, 6.45) is -0.925. The number of hydrogen-bond acceptors (Lipinski definition) is 39. The van der Waals surface area contributed by atoms with Crippen LogP contribution >= 0.6 is 0 Å². The van der Waals surface area contributed by atoms with Crippen molar-refractivity contribution in [3.8, 4) is 0 Å². The van der Waals surface area contributed by atoms with Crippen LogP contribution in [0.2, 0.25) is 0 Å². The first kappa shape index (κ1) is 131. The molecule has 4 aliphatic rings. The first-order valence-corrected chi connectivity index (χ1v) is 45.3. The van der Waals surface area contributed by atoms with E-state index in [1.54, 1.807) is 53.9 Å².